The zero-order valence-electron chi connectivity index (χ0n) is 10.9. The van der Waals surface area contributed by atoms with Gasteiger partial charge in [0.1, 0.15) is 0 Å². The van der Waals surface area contributed by atoms with Crippen LogP contribution in [0.15, 0.2) is 24.3 Å². The van der Waals surface area contributed by atoms with Crippen LogP contribution in [0.4, 0.5) is 0 Å². The fourth-order valence-corrected chi connectivity index (χ4v) is 2.36. The quantitative estimate of drug-likeness (QED) is 0.781. The topological polar surface area (TPSA) is 21.3 Å². The summed E-state index contributed by atoms with van der Waals surface area (Å²) in [5.41, 5.74) is 2.61. The molecule has 0 bridgehead atoms. The van der Waals surface area contributed by atoms with E-state index in [9.17, 15) is 0 Å². The second-order valence-electron chi connectivity index (χ2n) is 5.02. The highest BCUT2D eigenvalue weighted by Gasteiger charge is 2.35. The largest absolute Gasteiger partial charge is 0.380 e. The Kier molecular flexibility index (Phi) is 4.57. The maximum absolute atomic E-state index is 5.10. The molecule has 1 N–H and O–H groups in total. The number of hydrogen-bond donors (Lipinski definition) is 1. The molecule has 94 valence electrons. The molecule has 0 aromatic heterocycles. The molecule has 1 saturated carbocycles. The Morgan fingerprint density at radius 2 is 1.94 bits per heavy atom. The molecule has 0 amide bonds. The SMILES string of the molecule is CCCC1CC1NCc1ccc(COC)cc1. The lowest BCUT2D eigenvalue weighted by atomic mass is 10.1. The van der Waals surface area contributed by atoms with Gasteiger partial charge in [0.15, 0.2) is 0 Å². The van der Waals surface area contributed by atoms with Crippen LogP contribution in [0.2, 0.25) is 0 Å². The molecule has 2 nitrogen and oxygen atoms in total. The van der Waals surface area contributed by atoms with Gasteiger partial charge in [-0.15, -0.1) is 0 Å². The van der Waals surface area contributed by atoms with Gasteiger partial charge in [0.05, 0.1) is 6.61 Å². The Morgan fingerprint density at radius 3 is 2.59 bits per heavy atom. The van der Waals surface area contributed by atoms with E-state index in [1.165, 1.54) is 30.4 Å². The number of nitrogens with one attached hydrogen (secondary N) is 1. The van der Waals surface area contributed by atoms with Crippen molar-refractivity contribution in [3.63, 3.8) is 0 Å². The Labute approximate surface area is 104 Å². The Balaban J connectivity index is 1.72. The van der Waals surface area contributed by atoms with E-state index in [0.717, 1.165) is 18.5 Å². The number of ether oxygens (including phenoxy) is 1. The first-order valence-electron chi connectivity index (χ1n) is 6.63. The molecule has 0 radical (unpaired) electrons. The molecule has 0 heterocycles. The normalized spacial score (nSPS) is 22.7. The maximum Gasteiger partial charge on any atom is 0.0713 e. The molecule has 2 rings (SSSR count). The average molecular weight is 233 g/mol. The van der Waals surface area contributed by atoms with Crippen molar-refractivity contribution in [1.82, 2.24) is 5.32 Å². The van der Waals surface area contributed by atoms with E-state index in [2.05, 4.69) is 36.5 Å². The molecular formula is C15H23NO. The minimum absolute atomic E-state index is 0.703. The van der Waals surface area contributed by atoms with Gasteiger partial charge in [-0.2, -0.15) is 0 Å². The van der Waals surface area contributed by atoms with Crippen LogP contribution in [0.3, 0.4) is 0 Å². The molecular weight excluding hydrogens is 210 g/mol. The average Bonchev–Trinajstić information content (AvgIpc) is 3.08. The summed E-state index contributed by atoms with van der Waals surface area (Å²) in [7, 11) is 1.73. The third-order valence-electron chi connectivity index (χ3n) is 3.48. The van der Waals surface area contributed by atoms with Gasteiger partial charge in [-0.1, -0.05) is 37.6 Å². The van der Waals surface area contributed by atoms with E-state index in [1.54, 1.807) is 7.11 Å². The minimum Gasteiger partial charge on any atom is -0.380 e. The minimum atomic E-state index is 0.703. The summed E-state index contributed by atoms with van der Waals surface area (Å²) >= 11 is 0. The smallest absolute Gasteiger partial charge is 0.0713 e. The van der Waals surface area contributed by atoms with Crippen molar-refractivity contribution in [3.8, 4) is 0 Å². The number of methoxy groups -OCH3 is 1. The highest BCUT2D eigenvalue weighted by molar-refractivity contribution is 5.22. The number of hydrogen-bond acceptors (Lipinski definition) is 2. The third kappa shape index (κ3) is 3.83. The lowest BCUT2D eigenvalue weighted by molar-refractivity contribution is 0.185. The van der Waals surface area contributed by atoms with Crippen LogP contribution in [0.25, 0.3) is 0 Å². The van der Waals surface area contributed by atoms with Gasteiger partial charge in [0, 0.05) is 19.7 Å². The predicted octanol–water partition coefficient (Wildman–Crippen LogP) is 3.11. The second-order valence-corrected chi connectivity index (χ2v) is 5.02. The number of benzene rings is 1. The van der Waals surface area contributed by atoms with E-state index in [4.69, 9.17) is 4.74 Å². The second kappa shape index (κ2) is 6.18. The summed E-state index contributed by atoms with van der Waals surface area (Å²) in [5, 5.41) is 3.63. The molecule has 2 heteroatoms. The first-order chi connectivity index (χ1) is 8.33. The summed E-state index contributed by atoms with van der Waals surface area (Å²) in [6.45, 7) is 3.97. The zero-order chi connectivity index (χ0) is 12.1. The first kappa shape index (κ1) is 12.6. The summed E-state index contributed by atoms with van der Waals surface area (Å²) in [5.74, 6) is 0.938. The van der Waals surface area contributed by atoms with Crippen molar-refractivity contribution in [2.24, 2.45) is 5.92 Å². The Hall–Kier alpha value is -0.860. The van der Waals surface area contributed by atoms with Crippen LogP contribution in [0.5, 0.6) is 0 Å². The van der Waals surface area contributed by atoms with E-state index in [0.29, 0.717) is 6.61 Å². The molecule has 1 fully saturated rings. The van der Waals surface area contributed by atoms with Crippen molar-refractivity contribution in [1.29, 1.82) is 0 Å². The molecule has 0 aliphatic heterocycles. The van der Waals surface area contributed by atoms with Crippen LogP contribution in [0, 0.1) is 5.92 Å². The van der Waals surface area contributed by atoms with Crippen molar-refractivity contribution in [2.45, 2.75) is 45.4 Å². The first-order valence-corrected chi connectivity index (χ1v) is 6.63. The molecule has 2 unspecified atom stereocenters. The van der Waals surface area contributed by atoms with Crippen molar-refractivity contribution in [2.75, 3.05) is 7.11 Å². The fraction of sp³-hybridized carbons (Fsp3) is 0.600. The van der Waals surface area contributed by atoms with Gasteiger partial charge in [-0.25, -0.2) is 0 Å². The lowest BCUT2D eigenvalue weighted by Gasteiger charge is -2.05. The molecule has 0 spiro atoms. The van der Waals surface area contributed by atoms with E-state index in [-0.39, 0.29) is 0 Å². The monoisotopic (exact) mass is 233 g/mol. The fourth-order valence-electron chi connectivity index (χ4n) is 2.36. The van der Waals surface area contributed by atoms with Crippen molar-refractivity contribution < 1.29 is 4.74 Å². The summed E-state index contributed by atoms with van der Waals surface area (Å²) in [6.07, 6.45) is 4.06. The standard InChI is InChI=1S/C15H23NO/c1-3-4-14-9-15(14)16-10-12-5-7-13(8-6-12)11-17-2/h5-8,14-16H,3-4,9-11H2,1-2H3. The van der Waals surface area contributed by atoms with Crippen LogP contribution in [-0.2, 0) is 17.9 Å². The molecule has 2 atom stereocenters. The lowest BCUT2D eigenvalue weighted by Crippen LogP contribution is -2.17. The molecule has 1 aromatic carbocycles. The molecule has 1 aromatic rings. The third-order valence-corrected chi connectivity index (χ3v) is 3.48. The van der Waals surface area contributed by atoms with Crippen LogP contribution < -0.4 is 5.32 Å². The number of rotatable bonds is 7. The van der Waals surface area contributed by atoms with Crippen LogP contribution in [0.1, 0.15) is 37.3 Å². The van der Waals surface area contributed by atoms with Gasteiger partial charge in [0.25, 0.3) is 0 Å². The summed E-state index contributed by atoms with van der Waals surface area (Å²) in [4.78, 5) is 0. The zero-order valence-corrected chi connectivity index (χ0v) is 10.9. The van der Waals surface area contributed by atoms with Crippen molar-refractivity contribution in [3.05, 3.63) is 35.4 Å². The molecule has 1 aliphatic rings. The summed E-state index contributed by atoms with van der Waals surface area (Å²) < 4.78 is 5.10. The van der Waals surface area contributed by atoms with Gasteiger partial charge in [-0.05, 0) is 29.9 Å². The van der Waals surface area contributed by atoms with E-state index in [1.807, 2.05) is 0 Å². The highest BCUT2D eigenvalue weighted by Crippen LogP contribution is 2.34. The molecule has 0 saturated heterocycles. The van der Waals surface area contributed by atoms with Gasteiger partial charge in [0.2, 0.25) is 0 Å². The molecule has 1 aliphatic carbocycles. The highest BCUT2D eigenvalue weighted by atomic mass is 16.5. The predicted molar refractivity (Wildman–Crippen MR) is 70.8 cm³/mol. The Bertz CT molecular complexity index is 333. The van der Waals surface area contributed by atoms with Crippen LogP contribution >= 0.6 is 0 Å². The van der Waals surface area contributed by atoms with Gasteiger partial charge in [-0.3, -0.25) is 0 Å². The van der Waals surface area contributed by atoms with Crippen molar-refractivity contribution >= 4 is 0 Å². The Morgan fingerprint density at radius 1 is 1.24 bits per heavy atom. The van der Waals surface area contributed by atoms with E-state index < -0.39 is 0 Å². The van der Waals surface area contributed by atoms with E-state index >= 15 is 0 Å². The van der Waals surface area contributed by atoms with Gasteiger partial charge >= 0.3 is 0 Å². The van der Waals surface area contributed by atoms with Gasteiger partial charge < -0.3 is 10.1 Å². The molecule has 17 heavy (non-hydrogen) atoms. The maximum atomic E-state index is 5.10. The summed E-state index contributed by atoms with van der Waals surface area (Å²) in [6, 6.07) is 9.46. The van der Waals surface area contributed by atoms with Crippen LogP contribution in [-0.4, -0.2) is 13.2 Å².